The minimum Gasteiger partial charge on any atom is -0.496 e. The number of amides is 1. The average molecular weight is 415 g/mol. The molecule has 3 rings (SSSR count). The van der Waals surface area contributed by atoms with Crippen molar-refractivity contribution in [3.63, 3.8) is 0 Å². The number of carbonyl (C=O) groups excluding carboxylic acids is 1. The number of ether oxygens (including phenoxy) is 1. The molecule has 9 heteroatoms. The van der Waals surface area contributed by atoms with Crippen molar-refractivity contribution < 1.29 is 9.53 Å². The molecule has 0 aliphatic heterocycles. The molecule has 0 saturated carbocycles. The van der Waals surface area contributed by atoms with E-state index in [0.717, 1.165) is 22.6 Å². The summed E-state index contributed by atoms with van der Waals surface area (Å²) in [7, 11) is 1.55. The molecule has 0 spiro atoms. The van der Waals surface area contributed by atoms with Crippen LogP contribution >= 0.6 is 11.8 Å². The zero-order valence-corrected chi connectivity index (χ0v) is 17.9. The highest BCUT2D eigenvalue weighted by Crippen LogP contribution is 2.25. The summed E-state index contributed by atoms with van der Waals surface area (Å²) in [5.74, 6) is 2.03. The molecule has 0 atom stereocenters. The van der Waals surface area contributed by atoms with Gasteiger partial charge < -0.3 is 15.4 Å². The molecular formula is C20H26N6O2S. The lowest BCUT2D eigenvalue weighted by Gasteiger charge is -2.12. The van der Waals surface area contributed by atoms with Gasteiger partial charge in [-0.2, -0.15) is 5.10 Å². The molecule has 2 heterocycles. The summed E-state index contributed by atoms with van der Waals surface area (Å²) in [6.45, 7) is 7.12. The topological polar surface area (TPSA) is 94.0 Å². The van der Waals surface area contributed by atoms with Crippen LogP contribution in [0, 0.1) is 0 Å². The van der Waals surface area contributed by atoms with Crippen LogP contribution in [-0.4, -0.2) is 51.1 Å². The van der Waals surface area contributed by atoms with Crippen LogP contribution < -0.4 is 15.4 Å². The third kappa shape index (κ3) is 4.97. The molecule has 2 aromatic heterocycles. The van der Waals surface area contributed by atoms with Crippen molar-refractivity contribution in [2.45, 2.75) is 38.5 Å². The van der Waals surface area contributed by atoms with Crippen LogP contribution in [0.5, 0.6) is 5.75 Å². The predicted octanol–water partition coefficient (Wildman–Crippen LogP) is 3.20. The molecular weight excluding hydrogens is 388 g/mol. The Bertz CT molecular complexity index is 988. The number of hydrogen-bond donors (Lipinski definition) is 2. The van der Waals surface area contributed by atoms with Crippen LogP contribution in [0.15, 0.2) is 35.6 Å². The summed E-state index contributed by atoms with van der Waals surface area (Å²) < 4.78 is 7.05. The highest BCUT2D eigenvalue weighted by molar-refractivity contribution is 7.99. The highest BCUT2D eigenvalue weighted by atomic mass is 32.2. The van der Waals surface area contributed by atoms with E-state index in [0.29, 0.717) is 29.6 Å². The normalized spacial score (nSPS) is 11.1. The maximum Gasteiger partial charge on any atom is 0.255 e. The fraction of sp³-hybridized carbons (Fsp3) is 0.400. The van der Waals surface area contributed by atoms with Crippen molar-refractivity contribution in [1.29, 1.82) is 0 Å². The van der Waals surface area contributed by atoms with Crippen molar-refractivity contribution in [2.75, 3.05) is 24.7 Å². The van der Waals surface area contributed by atoms with Gasteiger partial charge in [0.1, 0.15) is 11.6 Å². The van der Waals surface area contributed by atoms with Gasteiger partial charge in [-0.1, -0.05) is 30.8 Å². The van der Waals surface area contributed by atoms with E-state index in [-0.39, 0.29) is 11.9 Å². The SMILES string of the molecule is CCSc1nc(NC(C)C)c2cnn(CCNC(=O)c3ccccc3OC)c2n1. The average Bonchev–Trinajstić information content (AvgIpc) is 3.11. The van der Waals surface area contributed by atoms with Gasteiger partial charge in [-0.15, -0.1) is 0 Å². The van der Waals surface area contributed by atoms with Gasteiger partial charge in [-0.25, -0.2) is 14.6 Å². The number of carbonyl (C=O) groups is 1. The smallest absolute Gasteiger partial charge is 0.255 e. The second-order valence-electron chi connectivity index (χ2n) is 6.65. The van der Waals surface area contributed by atoms with Gasteiger partial charge in [0.25, 0.3) is 5.91 Å². The van der Waals surface area contributed by atoms with Crippen LogP contribution in [0.3, 0.4) is 0 Å². The molecule has 0 radical (unpaired) electrons. The van der Waals surface area contributed by atoms with Gasteiger partial charge in [-0.05, 0) is 31.7 Å². The zero-order valence-electron chi connectivity index (χ0n) is 17.1. The van der Waals surface area contributed by atoms with Crippen molar-refractivity contribution in [2.24, 2.45) is 0 Å². The number of nitrogens with zero attached hydrogens (tertiary/aromatic N) is 4. The van der Waals surface area contributed by atoms with Crippen LogP contribution in [0.1, 0.15) is 31.1 Å². The van der Waals surface area contributed by atoms with Crippen molar-refractivity contribution in [1.82, 2.24) is 25.1 Å². The number of aromatic nitrogens is 4. The van der Waals surface area contributed by atoms with E-state index in [1.807, 2.05) is 12.1 Å². The molecule has 0 unspecified atom stereocenters. The quantitative estimate of drug-likeness (QED) is 0.410. The zero-order chi connectivity index (χ0) is 20.8. The molecule has 29 heavy (non-hydrogen) atoms. The summed E-state index contributed by atoms with van der Waals surface area (Å²) in [5, 5.41) is 12.3. The Morgan fingerprint density at radius 3 is 2.79 bits per heavy atom. The summed E-state index contributed by atoms with van der Waals surface area (Å²) in [4.78, 5) is 21.7. The van der Waals surface area contributed by atoms with Gasteiger partial charge in [0.05, 0.1) is 30.8 Å². The first-order valence-electron chi connectivity index (χ1n) is 9.57. The van der Waals surface area contributed by atoms with E-state index in [4.69, 9.17) is 4.74 Å². The van der Waals surface area contributed by atoms with Crippen molar-refractivity contribution in [3.8, 4) is 5.75 Å². The minimum absolute atomic E-state index is 0.182. The minimum atomic E-state index is -0.182. The van der Waals surface area contributed by atoms with Crippen molar-refractivity contribution in [3.05, 3.63) is 36.0 Å². The van der Waals surface area contributed by atoms with E-state index in [1.165, 1.54) is 0 Å². The first-order chi connectivity index (χ1) is 14.0. The molecule has 0 fully saturated rings. The lowest BCUT2D eigenvalue weighted by molar-refractivity contribution is 0.0949. The first-order valence-corrected chi connectivity index (χ1v) is 10.6. The van der Waals surface area contributed by atoms with E-state index in [2.05, 4.69) is 46.5 Å². The molecule has 2 N–H and O–H groups in total. The van der Waals surface area contributed by atoms with E-state index in [1.54, 1.807) is 41.9 Å². The van der Waals surface area contributed by atoms with E-state index >= 15 is 0 Å². The molecule has 8 nitrogen and oxygen atoms in total. The lowest BCUT2D eigenvalue weighted by atomic mass is 10.2. The second-order valence-corrected chi connectivity index (χ2v) is 7.88. The van der Waals surface area contributed by atoms with Gasteiger partial charge in [-0.3, -0.25) is 4.79 Å². The van der Waals surface area contributed by atoms with Gasteiger partial charge >= 0.3 is 0 Å². The fourth-order valence-corrected chi connectivity index (χ4v) is 3.44. The molecule has 0 bridgehead atoms. The van der Waals surface area contributed by atoms with Crippen LogP contribution in [0.2, 0.25) is 0 Å². The van der Waals surface area contributed by atoms with E-state index in [9.17, 15) is 4.79 Å². The van der Waals surface area contributed by atoms with Crippen molar-refractivity contribution >= 4 is 34.5 Å². The maximum absolute atomic E-state index is 12.5. The Balaban J connectivity index is 1.76. The molecule has 0 aliphatic rings. The number of para-hydroxylation sites is 1. The Morgan fingerprint density at radius 2 is 2.07 bits per heavy atom. The Hall–Kier alpha value is -2.81. The fourth-order valence-electron chi connectivity index (χ4n) is 2.88. The Morgan fingerprint density at radius 1 is 1.28 bits per heavy atom. The van der Waals surface area contributed by atoms with E-state index < -0.39 is 0 Å². The molecule has 1 amide bonds. The summed E-state index contributed by atoms with van der Waals surface area (Å²) in [6, 6.07) is 7.40. The summed E-state index contributed by atoms with van der Waals surface area (Å²) in [6.07, 6.45) is 1.77. The number of nitrogens with one attached hydrogen (secondary N) is 2. The first kappa shape index (κ1) is 20.9. The summed E-state index contributed by atoms with van der Waals surface area (Å²) >= 11 is 1.59. The number of methoxy groups -OCH3 is 1. The molecule has 1 aromatic carbocycles. The van der Waals surface area contributed by atoms with Gasteiger partial charge in [0.15, 0.2) is 10.8 Å². The van der Waals surface area contributed by atoms with Crippen LogP contribution in [-0.2, 0) is 6.54 Å². The number of rotatable bonds is 9. The Kier molecular flexibility index (Phi) is 6.92. The third-order valence-corrected chi connectivity index (χ3v) is 4.86. The number of hydrogen-bond acceptors (Lipinski definition) is 7. The monoisotopic (exact) mass is 414 g/mol. The lowest BCUT2D eigenvalue weighted by Crippen LogP contribution is -2.28. The predicted molar refractivity (Wildman–Crippen MR) is 116 cm³/mol. The van der Waals surface area contributed by atoms with Crippen LogP contribution in [0.25, 0.3) is 11.0 Å². The number of thioether (sulfide) groups is 1. The third-order valence-electron chi connectivity index (χ3n) is 4.14. The van der Waals surface area contributed by atoms with Gasteiger partial charge in [0.2, 0.25) is 0 Å². The summed E-state index contributed by atoms with van der Waals surface area (Å²) in [5.41, 5.74) is 1.26. The Labute approximate surface area is 174 Å². The molecule has 0 saturated heterocycles. The standard InChI is InChI=1S/C20H26N6O2S/c1-5-29-20-24-17(23-13(2)3)15-12-22-26(18(15)25-20)11-10-21-19(27)14-8-6-7-9-16(14)28-4/h6-9,12-13H,5,10-11H2,1-4H3,(H,21,27)(H,23,24,25). The molecule has 154 valence electrons. The second kappa shape index (κ2) is 9.60. The number of anilines is 1. The maximum atomic E-state index is 12.5. The molecule has 0 aliphatic carbocycles. The number of benzene rings is 1. The highest BCUT2D eigenvalue weighted by Gasteiger charge is 2.15. The molecule has 3 aromatic rings. The van der Waals surface area contributed by atoms with Gasteiger partial charge in [0, 0.05) is 12.6 Å². The number of fused-ring (bicyclic) bond motifs is 1. The van der Waals surface area contributed by atoms with Crippen LogP contribution in [0.4, 0.5) is 5.82 Å². The largest absolute Gasteiger partial charge is 0.496 e.